The Labute approximate surface area is 128 Å². The summed E-state index contributed by atoms with van der Waals surface area (Å²) in [6.45, 7) is 0. The molecule has 7 heteroatoms. The molecule has 0 spiro atoms. The molecule has 0 amide bonds. The van der Waals surface area contributed by atoms with Gasteiger partial charge in [-0.2, -0.15) is 0 Å². The fourth-order valence-electron chi connectivity index (χ4n) is 2.37. The summed E-state index contributed by atoms with van der Waals surface area (Å²) in [6, 6.07) is 6.65. The van der Waals surface area contributed by atoms with Gasteiger partial charge in [-0.1, -0.05) is 0 Å². The lowest BCUT2D eigenvalue weighted by atomic mass is 10.0. The van der Waals surface area contributed by atoms with E-state index < -0.39 is 10.0 Å². The van der Waals surface area contributed by atoms with Gasteiger partial charge in [-0.3, -0.25) is 4.72 Å². The van der Waals surface area contributed by atoms with Crippen LogP contribution in [0.1, 0.15) is 23.4 Å². The lowest BCUT2D eigenvalue weighted by Gasteiger charge is -2.06. The van der Waals surface area contributed by atoms with E-state index in [1.165, 1.54) is 16.2 Å². The molecule has 0 fully saturated rings. The molecule has 1 aliphatic rings. The highest BCUT2D eigenvalue weighted by atomic mass is 32.2. The smallest absolute Gasteiger partial charge is 0.263 e. The van der Waals surface area contributed by atoms with Gasteiger partial charge in [-0.05, 0) is 49.9 Å². The van der Waals surface area contributed by atoms with Crippen molar-refractivity contribution in [2.75, 3.05) is 17.1 Å². The predicted octanol–water partition coefficient (Wildman–Crippen LogP) is 2.86. The average molecular weight is 323 g/mol. The van der Waals surface area contributed by atoms with Crippen LogP contribution in [-0.2, 0) is 22.9 Å². The molecule has 112 valence electrons. The van der Waals surface area contributed by atoms with Crippen LogP contribution in [0.3, 0.4) is 0 Å². The quantitative estimate of drug-likeness (QED) is 0.907. The molecule has 0 saturated carbocycles. The number of nitrogens with one attached hydrogen (secondary N) is 2. The van der Waals surface area contributed by atoms with Crippen LogP contribution < -0.4 is 10.0 Å². The van der Waals surface area contributed by atoms with E-state index in [1.807, 2.05) is 0 Å². The highest BCUT2D eigenvalue weighted by Crippen LogP contribution is 2.30. The molecule has 1 heterocycles. The number of hydrogen-bond donors (Lipinski definition) is 2. The SMILES string of the molecule is CNc1ccc(S(=O)(=O)Nc2nc3c(s2)CCCC3)cc1. The normalized spacial score (nSPS) is 14.5. The summed E-state index contributed by atoms with van der Waals surface area (Å²) in [5.41, 5.74) is 1.92. The zero-order chi connectivity index (χ0) is 14.9. The second kappa shape index (κ2) is 5.65. The van der Waals surface area contributed by atoms with Gasteiger partial charge in [0.25, 0.3) is 10.0 Å². The van der Waals surface area contributed by atoms with Crippen LogP contribution in [0.5, 0.6) is 0 Å². The molecular weight excluding hydrogens is 306 g/mol. The van der Waals surface area contributed by atoms with Gasteiger partial charge in [-0.15, -0.1) is 11.3 Å². The Morgan fingerprint density at radius 2 is 1.86 bits per heavy atom. The van der Waals surface area contributed by atoms with Gasteiger partial charge in [0.05, 0.1) is 10.6 Å². The molecule has 3 rings (SSSR count). The van der Waals surface area contributed by atoms with E-state index in [0.29, 0.717) is 5.13 Å². The summed E-state index contributed by atoms with van der Waals surface area (Å²) in [6.07, 6.45) is 4.25. The predicted molar refractivity (Wildman–Crippen MR) is 85.6 cm³/mol. The van der Waals surface area contributed by atoms with Crippen LogP contribution in [0.15, 0.2) is 29.2 Å². The van der Waals surface area contributed by atoms with Gasteiger partial charge >= 0.3 is 0 Å². The third-order valence-electron chi connectivity index (χ3n) is 3.52. The van der Waals surface area contributed by atoms with Crippen LogP contribution in [0.25, 0.3) is 0 Å². The molecule has 21 heavy (non-hydrogen) atoms. The van der Waals surface area contributed by atoms with Crippen molar-refractivity contribution in [2.45, 2.75) is 30.6 Å². The number of sulfonamides is 1. The number of aryl methyl sites for hydroxylation is 2. The third-order valence-corrected chi connectivity index (χ3v) is 6.08. The van der Waals surface area contributed by atoms with Crippen molar-refractivity contribution in [3.05, 3.63) is 34.8 Å². The first-order chi connectivity index (χ1) is 10.1. The van der Waals surface area contributed by atoms with Gasteiger partial charge in [0, 0.05) is 17.6 Å². The van der Waals surface area contributed by atoms with Crippen molar-refractivity contribution in [3.8, 4) is 0 Å². The zero-order valence-corrected chi connectivity index (χ0v) is 13.4. The molecular formula is C14H17N3O2S2. The van der Waals surface area contributed by atoms with E-state index >= 15 is 0 Å². The number of thiazole rings is 1. The summed E-state index contributed by atoms with van der Waals surface area (Å²) in [5.74, 6) is 0. The lowest BCUT2D eigenvalue weighted by molar-refractivity contribution is 0.601. The molecule has 2 N–H and O–H groups in total. The summed E-state index contributed by atoms with van der Waals surface area (Å²) >= 11 is 1.45. The van der Waals surface area contributed by atoms with Crippen molar-refractivity contribution in [2.24, 2.45) is 0 Å². The topological polar surface area (TPSA) is 71.1 Å². The van der Waals surface area contributed by atoms with E-state index in [0.717, 1.165) is 37.1 Å². The van der Waals surface area contributed by atoms with Crippen molar-refractivity contribution < 1.29 is 8.42 Å². The minimum Gasteiger partial charge on any atom is -0.388 e. The van der Waals surface area contributed by atoms with Crippen LogP contribution in [-0.4, -0.2) is 20.4 Å². The number of rotatable bonds is 4. The number of hydrogen-bond acceptors (Lipinski definition) is 5. The van der Waals surface area contributed by atoms with Crippen LogP contribution >= 0.6 is 11.3 Å². The Morgan fingerprint density at radius 1 is 1.14 bits per heavy atom. The minimum atomic E-state index is -3.57. The molecule has 0 saturated heterocycles. The molecule has 0 unspecified atom stereocenters. The number of aromatic nitrogens is 1. The first kappa shape index (κ1) is 14.3. The molecule has 1 aromatic heterocycles. The summed E-state index contributed by atoms with van der Waals surface area (Å²) in [7, 11) is -1.77. The molecule has 0 aliphatic heterocycles. The standard InChI is InChI=1S/C14H17N3O2S2/c1-15-10-6-8-11(9-7-10)21(18,19)17-14-16-12-4-2-3-5-13(12)20-14/h6-9,15H,2-5H2,1H3,(H,16,17). The van der Waals surface area contributed by atoms with Crippen LogP contribution in [0.2, 0.25) is 0 Å². The van der Waals surface area contributed by atoms with Gasteiger partial charge in [0.1, 0.15) is 0 Å². The largest absolute Gasteiger partial charge is 0.388 e. The fraction of sp³-hybridized carbons (Fsp3) is 0.357. The second-order valence-corrected chi connectivity index (χ2v) is 7.74. The van der Waals surface area contributed by atoms with E-state index in [-0.39, 0.29) is 4.90 Å². The Bertz CT molecular complexity index is 713. The van der Waals surface area contributed by atoms with Crippen LogP contribution in [0, 0.1) is 0 Å². The van der Waals surface area contributed by atoms with Crippen molar-refractivity contribution in [3.63, 3.8) is 0 Å². The zero-order valence-electron chi connectivity index (χ0n) is 11.7. The third kappa shape index (κ3) is 3.03. The first-order valence-electron chi connectivity index (χ1n) is 6.88. The summed E-state index contributed by atoms with van der Waals surface area (Å²) < 4.78 is 27.3. The number of benzene rings is 1. The molecule has 1 aliphatic carbocycles. The first-order valence-corrected chi connectivity index (χ1v) is 9.18. The second-order valence-electron chi connectivity index (χ2n) is 4.98. The van der Waals surface area contributed by atoms with Gasteiger partial charge in [0.2, 0.25) is 0 Å². The van der Waals surface area contributed by atoms with Crippen LogP contribution in [0.4, 0.5) is 10.8 Å². The fourth-order valence-corrected chi connectivity index (χ4v) is 4.65. The maximum absolute atomic E-state index is 12.3. The lowest BCUT2D eigenvalue weighted by Crippen LogP contribution is -2.12. The van der Waals surface area contributed by atoms with E-state index in [2.05, 4.69) is 15.0 Å². The molecule has 1 aromatic carbocycles. The van der Waals surface area contributed by atoms with Gasteiger partial charge in [0.15, 0.2) is 5.13 Å². The van der Waals surface area contributed by atoms with Crippen molar-refractivity contribution in [1.82, 2.24) is 4.98 Å². The number of fused-ring (bicyclic) bond motifs is 1. The Hall–Kier alpha value is -1.60. The van der Waals surface area contributed by atoms with E-state index in [4.69, 9.17) is 0 Å². The Kier molecular flexibility index (Phi) is 3.86. The minimum absolute atomic E-state index is 0.245. The number of nitrogens with zero attached hydrogens (tertiary/aromatic N) is 1. The van der Waals surface area contributed by atoms with Crippen molar-refractivity contribution in [1.29, 1.82) is 0 Å². The number of anilines is 2. The molecule has 0 atom stereocenters. The maximum Gasteiger partial charge on any atom is 0.263 e. The molecule has 0 radical (unpaired) electrons. The molecule has 0 bridgehead atoms. The monoisotopic (exact) mass is 323 g/mol. The van der Waals surface area contributed by atoms with E-state index in [1.54, 1.807) is 31.3 Å². The maximum atomic E-state index is 12.3. The average Bonchev–Trinajstić information content (AvgIpc) is 2.88. The summed E-state index contributed by atoms with van der Waals surface area (Å²) in [4.78, 5) is 5.87. The van der Waals surface area contributed by atoms with E-state index in [9.17, 15) is 8.42 Å². The Morgan fingerprint density at radius 3 is 2.52 bits per heavy atom. The highest BCUT2D eigenvalue weighted by molar-refractivity contribution is 7.93. The molecule has 2 aromatic rings. The highest BCUT2D eigenvalue weighted by Gasteiger charge is 2.20. The molecule has 5 nitrogen and oxygen atoms in total. The van der Waals surface area contributed by atoms with Gasteiger partial charge < -0.3 is 5.32 Å². The summed E-state index contributed by atoms with van der Waals surface area (Å²) in [5, 5.41) is 3.43. The van der Waals surface area contributed by atoms with Gasteiger partial charge in [-0.25, -0.2) is 13.4 Å². The Balaban J connectivity index is 1.83. The van der Waals surface area contributed by atoms with Crippen molar-refractivity contribution >= 4 is 32.2 Å².